The van der Waals surface area contributed by atoms with Crippen LogP contribution in [0.15, 0.2) is 30.3 Å². The van der Waals surface area contributed by atoms with Gasteiger partial charge < -0.3 is 0 Å². The highest BCUT2D eigenvalue weighted by molar-refractivity contribution is 5.66. The first kappa shape index (κ1) is 20.7. The summed E-state index contributed by atoms with van der Waals surface area (Å²) in [6.07, 6.45) is 1.18. The minimum Gasteiger partial charge on any atom is -0.206 e. The fraction of sp³-hybridized carbons (Fsp3) is 0.455. The summed E-state index contributed by atoms with van der Waals surface area (Å²) in [4.78, 5) is 0. The quantitative estimate of drug-likeness (QED) is 0.458. The Kier molecular flexibility index (Phi) is 6.06. The van der Waals surface area contributed by atoms with Gasteiger partial charge in [0.1, 0.15) is 17.5 Å². The van der Waals surface area contributed by atoms with Crippen molar-refractivity contribution in [3.8, 4) is 11.1 Å². The molecular formula is C22H22F6. The normalized spacial score (nSPS) is 20.4. The van der Waals surface area contributed by atoms with Crippen LogP contribution in [0.2, 0.25) is 0 Å². The number of alkyl halides is 3. The van der Waals surface area contributed by atoms with Crippen LogP contribution < -0.4 is 0 Å². The maximum atomic E-state index is 14.6. The zero-order valence-corrected chi connectivity index (χ0v) is 15.6. The van der Waals surface area contributed by atoms with E-state index in [9.17, 15) is 26.3 Å². The van der Waals surface area contributed by atoms with Gasteiger partial charge >= 0.3 is 6.18 Å². The van der Waals surface area contributed by atoms with E-state index in [1.807, 2.05) is 0 Å². The number of halogens is 6. The summed E-state index contributed by atoms with van der Waals surface area (Å²) in [5, 5.41) is 0. The van der Waals surface area contributed by atoms with Gasteiger partial charge in [0.05, 0.1) is 11.1 Å². The third-order valence-corrected chi connectivity index (χ3v) is 5.64. The smallest absolute Gasteiger partial charge is 0.206 e. The second-order valence-corrected chi connectivity index (χ2v) is 7.56. The Morgan fingerprint density at radius 3 is 1.96 bits per heavy atom. The van der Waals surface area contributed by atoms with Crippen molar-refractivity contribution in [3.05, 3.63) is 58.9 Å². The fourth-order valence-electron chi connectivity index (χ4n) is 4.20. The molecule has 0 radical (unpaired) electrons. The van der Waals surface area contributed by atoms with Gasteiger partial charge in [0, 0.05) is 0 Å². The van der Waals surface area contributed by atoms with Crippen molar-refractivity contribution >= 4 is 0 Å². The van der Waals surface area contributed by atoms with Crippen LogP contribution >= 0.6 is 0 Å². The Balaban J connectivity index is 1.86. The molecule has 0 nitrogen and oxygen atoms in total. The van der Waals surface area contributed by atoms with E-state index in [-0.39, 0.29) is 11.5 Å². The van der Waals surface area contributed by atoms with E-state index >= 15 is 0 Å². The molecule has 28 heavy (non-hydrogen) atoms. The molecule has 0 bridgehead atoms. The monoisotopic (exact) mass is 400 g/mol. The van der Waals surface area contributed by atoms with Crippen molar-refractivity contribution in [3.63, 3.8) is 0 Å². The second kappa shape index (κ2) is 8.18. The minimum atomic E-state index is -4.86. The molecule has 1 aliphatic rings. The van der Waals surface area contributed by atoms with Gasteiger partial charge in [-0.2, -0.15) is 13.2 Å². The molecule has 0 aromatic heterocycles. The Morgan fingerprint density at radius 1 is 0.857 bits per heavy atom. The van der Waals surface area contributed by atoms with E-state index in [1.54, 1.807) is 0 Å². The van der Waals surface area contributed by atoms with Crippen LogP contribution in [0, 0.1) is 23.4 Å². The van der Waals surface area contributed by atoms with E-state index in [0.29, 0.717) is 23.6 Å². The summed E-state index contributed by atoms with van der Waals surface area (Å²) in [5.74, 6) is -2.60. The van der Waals surface area contributed by atoms with Crippen LogP contribution in [0.1, 0.15) is 62.5 Å². The molecule has 3 rings (SSSR count). The van der Waals surface area contributed by atoms with Gasteiger partial charge in [0.15, 0.2) is 0 Å². The molecule has 0 aliphatic heterocycles. The highest BCUT2D eigenvalue weighted by Crippen LogP contribution is 2.40. The van der Waals surface area contributed by atoms with Gasteiger partial charge in [-0.05, 0) is 72.9 Å². The molecule has 0 saturated heterocycles. The predicted octanol–water partition coefficient (Wildman–Crippen LogP) is 7.86. The van der Waals surface area contributed by atoms with Gasteiger partial charge in [-0.3, -0.25) is 0 Å². The Labute approximate surface area is 160 Å². The average Bonchev–Trinajstić information content (AvgIpc) is 2.61. The largest absolute Gasteiger partial charge is 0.419 e. The molecule has 0 atom stereocenters. The molecule has 2 aromatic rings. The number of rotatable bonds is 4. The van der Waals surface area contributed by atoms with Crippen molar-refractivity contribution in [1.82, 2.24) is 0 Å². The van der Waals surface area contributed by atoms with Crippen LogP contribution in [0.3, 0.4) is 0 Å². The zero-order valence-electron chi connectivity index (χ0n) is 15.6. The fourth-order valence-corrected chi connectivity index (χ4v) is 4.20. The predicted molar refractivity (Wildman–Crippen MR) is 96.4 cm³/mol. The molecule has 6 heteroatoms. The van der Waals surface area contributed by atoms with E-state index < -0.39 is 34.8 Å². The highest BCUT2D eigenvalue weighted by Gasteiger charge is 2.34. The molecule has 2 aromatic carbocycles. The Hall–Kier alpha value is -1.98. The maximum Gasteiger partial charge on any atom is 0.419 e. The molecule has 0 N–H and O–H groups in total. The summed E-state index contributed by atoms with van der Waals surface area (Å²) in [7, 11) is 0. The number of hydrogen-bond donors (Lipinski definition) is 0. The van der Waals surface area contributed by atoms with Crippen LogP contribution in [0.4, 0.5) is 26.3 Å². The van der Waals surface area contributed by atoms with Crippen LogP contribution in [0.25, 0.3) is 11.1 Å². The van der Waals surface area contributed by atoms with Gasteiger partial charge in [0.25, 0.3) is 0 Å². The topological polar surface area (TPSA) is 0 Å². The first-order valence-corrected chi connectivity index (χ1v) is 9.56. The lowest BCUT2D eigenvalue weighted by atomic mass is 9.77. The summed E-state index contributed by atoms with van der Waals surface area (Å²) in [5.41, 5.74) is -1.66. The Bertz CT molecular complexity index is 808. The van der Waals surface area contributed by atoms with E-state index in [0.717, 1.165) is 44.6 Å². The Morgan fingerprint density at radius 2 is 1.46 bits per heavy atom. The average molecular weight is 400 g/mol. The molecule has 0 heterocycles. The van der Waals surface area contributed by atoms with Gasteiger partial charge in [-0.1, -0.05) is 25.8 Å². The van der Waals surface area contributed by atoms with Crippen molar-refractivity contribution in [2.24, 2.45) is 5.92 Å². The number of benzene rings is 2. The van der Waals surface area contributed by atoms with Gasteiger partial charge in [-0.15, -0.1) is 0 Å². The number of hydrogen-bond acceptors (Lipinski definition) is 0. The maximum absolute atomic E-state index is 14.6. The zero-order chi connectivity index (χ0) is 20.5. The molecule has 1 aliphatic carbocycles. The van der Waals surface area contributed by atoms with E-state index in [4.69, 9.17) is 0 Å². The lowest BCUT2D eigenvalue weighted by molar-refractivity contribution is -0.139. The van der Waals surface area contributed by atoms with Gasteiger partial charge in [0.2, 0.25) is 0 Å². The summed E-state index contributed by atoms with van der Waals surface area (Å²) >= 11 is 0. The highest BCUT2D eigenvalue weighted by atomic mass is 19.4. The molecule has 0 spiro atoms. The van der Waals surface area contributed by atoms with Crippen molar-refractivity contribution in [2.45, 2.75) is 57.5 Å². The SMILES string of the molecule is CCCC1CCC(c2cc(F)c(-c3ccc(C(F)(F)F)c(F)c3)c(F)c2)CC1. The van der Waals surface area contributed by atoms with Gasteiger partial charge in [-0.25, -0.2) is 13.2 Å². The summed E-state index contributed by atoms with van der Waals surface area (Å²) in [6.45, 7) is 2.14. The first-order chi connectivity index (χ1) is 13.2. The van der Waals surface area contributed by atoms with Crippen molar-refractivity contribution in [1.29, 1.82) is 0 Å². The molecule has 0 unspecified atom stereocenters. The lowest BCUT2D eigenvalue weighted by Gasteiger charge is -2.29. The summed E-state index contributed by atoms with van der Waals surface area (Å²) < 4.78 is 81.1. The third kappa shape index (κ3) is 4.36. The molecular weight excluding hydrogens is 378 g/mol. The summed E-state index contributed by atoms with van der Waals surface area (Å²) in [6, 6.07) is 4.40. The standard InChI is InChI=1S/C22H22F6/c1-2-3-13-4-6-14(7-5-13)16-11-19(24)21(20(25)12-16)15-8-9-17(18(23)10-15)22(26,27)28/h8-14H,2-7H2,1H3. The minimum absolute atomic E-state index is 0.0653. The van der Waals surface area contributed by atoms with Crippen molar-refractivity contribution < 1.29 is 26.3 Å². The molecule has 0 amide bonds. The van der Waals surface area contributed by atoms with Crippen molar-refractivity contribution in [2.75, 3.05) is 0 Å². The lowest BCUT2D eigenvalue weighted by Crippen LogP contribution is -2.13. The second-order valence-electron chi connectivity index (χ2n) is 7.56. The molecule has 1 saturated carbocycles. The van der Waals surface area contributed by atoms with Crippen LogP contribution in [-0.4, -0.2) is 0 Å². The molecule has 1 fully saturated rings. The van der Waals surface area contributed by atoms with Crippen LogP contribution in [-0.2, 0) is 6.18 Å². The van der Waals surface area contributed by atoms with E-state index in [2.05, 4.69) is 6.92 Å². The van der Waals surface area contributed by atoms with E-state index in [1.165, 1.54) is 12.1 Å². The van der Waals surface area contributed by atoms with Crippen LogP contribution in [0.5, 0.6) is 0 Å². The third-order valence-electron chi connectivity index (χ3n) is 5.64. The first-order valence-electron chi connectivity index (χ1n) is 9.56. The molecule has 152 valence electrons.